The number of Topliss-reactive ketones (excluding diaryl/α,β-unsaturated/α-hetero) is 4. The lowest BCUT2D eigenvalue weighted by atomic mass is 9.86. The van der Waals surface area contributed by atoms with E-state index >= 15 is 0 Å². The van der Waals surface area contributed by atoms with Crippen molar-refractivity contribution >= 4 is 107 Å². The number of rotatable bonds is 32. The van der Waals surface area contributed by atoms with Crippen molar-refractivity contribution < 1.29 is 110 Å². The summed E-state index contributed by atoms with van der Waals surface area (Å²) in [4.78, 5) is 70.0. The van der Waals surface area contributed by atoms with Gasteiger partial charge in [0.2, 0.25) is 25.4 Å². The van der Waals surface area contributed by atoms with Gasteiger partial charge in [0.25, 0.3) is 0 Å². The monoisotopic (exact) mass is 1960 g/mol. The lowest BCUT2D eigenvalue weighted by molar-refractivity contribution is 0.0856. The Kier molecular flexibility index (Phi) is 29.7. The van der Waals surface area contributed by atoms with Gasteiger partial charge in [0.05, 0.1) is 117 Å². The molecule has 728 valence electrons. The van der Waals surface area contributed by atoms with E-state index in [1.807, 2.05) is 0 Å². The molecule has 0 bridgehead atoms. The Bertz CT molecular complexity index is 6180. The smallest absolute Gasteiger partial charge is 0.235 e. The molecule has 136 heavy (non-hydrogen) atoms. The van der Waals surface area contributed by atoms with Crippen LogP contribution in [0.1, 0.15) is 202 Å². The van der Waals surface area contributed by atoms with Gasteiger partial charge >= 0.3 is 0 Å². The number of hydrogen-bond acceptors (Lipinski definition) is 28. The Hall–Kier alpha value is -11.4. The molecule has 12 atom stereocenters. The molecule has 4 aliphatic heterocycles. The van der Waals surface area contributed by atoms with Crippen LogP contribution < -0.4 is 18.9 Å². The van der Waals surface area contributed by atoms with E-state index in [9.17, 15) is 90.8 Å². The minimum atomic E-state index is -3.06. The number of fused-ring (bicyclic) bond motifs is 4. The number of aromatic nitrogens is 12. The molecule has 4 unspecified atom stereocenters. The molecule has 12 heterocycles. The van der Waals surface area contributed by atoms with Crippen LogP contribution in [0.4, 0.5) is 17.6 Å². The number of hydrogen-bond donors (Lipinski definition) is 4. The Labute approximate surface area is 785 Å². The predicted octanol–water partition coefficient (Wildman–Crippen LogP) is 15.0. The van der Waals surface area contributed by atoms with Crippen molar-refractivity contribution in [2.75, 3.05) is 46.0 Å². The molecule has 40 heteroatoms. The molecule has 12 aromatic rings. The van der Waals surface area contributed by atoms with Gasteiger partial charge in [-0.15, -0.1) is 0 Å². The van der Waals surface area contributed by atoms with E-state index < -0.39 is 135 Å². The van der Waals surface area contributed by atoms with Gasteiger partial charge < -0.3 is 39.4 Å². The third kappa shape index (κ3) is 23.7. The number of carbonyl (C=O) groups excluding carboxylic acids is 4. The molecular formula is C96H112F4N12O20S4. The molecule has 16 rings (SSSR count). The highest BCUT2D eigenvalue weighted by atomic mass is 32.2. The SMILES string of the molecule is CC(F)Oc1cccc(-c2nn([C@@H](C)[C@@H](C)O)c3cc(C(=O)CC4(C)CS(=O)(=O)C4)cnc23)c1.CC(F)Oc1cccc(-c2nn([C@@H](C)[C@H](C)O)c3cc(C(=O)CC4(C)CS(=O)(=O)C4)cnc23)c1.CC(F)Oc1cccc(-c2nn([C@H](C)[C@@H](C)O)c3cc(C(=O)CC4(C)CS(=O)(=O)C4)cnc23)c1.CC(F)Oc1cccc(-c2nn([C@H](C)[C@H](C)O)c3cc(C(=O)CC4(C)CS(=O)(=O)C4)cnc23)c1. The first kappa shape index (κ1) is 102. The number of pyridine rings is 4. The molecular weight excluding hydrogens is 1850 g/mol. The van der Waals surface area contributed by atoms with Gasteiger partial charge in [0.15, 0.2) is 62.5 Å². The number of aliphatic hydroxyl groups is 4. The average Bonchev–Trinajstić information content (AvgIpc) is 1.48. The van der Waals surface area contributed by atoms with Gasteiger partial charge in [0, 0.05) is 144 Å². The van der Waals surface area contributed by atoms with Gasteiger partial charge in [-0.05, 0) is 128 Å². The Morgan fingerprint density at radius 1 is 0.316 bits per heavy atom. The number of sulfone groups is 4. The minimum absolute atomic E-state index is 0.00152. The summed E-state index contributed by atoms with van der Waals surface area (Å²) in [5, 5.41) is 59.5. The number of carbonyl (C=O) groups is 4. The highest BCUT2D eigenvalue weighted by Crippen LogP contribution is 2.44. The normalized spacial score (nSPS) is 19.2. The lowest BCUT2D eigenvalue weighted by Crippen LogP contribution is -2.47. The summed E-state index contributed by atoms with van der Waals surface area (Å²) in [5.74, 6) is 0.571. The number of halogens is 4. The van der Waals surface area contributed by atoms with Crippen molar-refractivity contribution in [3.8, 4) is 68.0 Å². The first-order valence-corrected chi connectivity index (χ1v) is 51.6. The molecule has 0 saturated carbocycles. The zero-order valence-corrected chi connectivity index (χ0v) is 81.4. The highest BCUT2D eigenvalue weighted by molar-refractivity contribution is 7.93. The molecule has 32 nitrogen and oxygen atoms in total. The fourth-order valence-corrected chi connectivity index (χ4v) is 26.6. The summed E-state index contributed by atoms with van der Waals surface area (Å²) in [6, 6.07) is 32.4. The maximum Gasteiger partial charge on any atom is 0.235 e. The van der Waals surface area contributed by atoms with Crippen LogP contribution in [0.5, 0.6) is 23.0 Å². The van der Waals surface area contributed by atoms with E-state index in [2.05, 4.69) is 40.3 Å². The molecule has 0 amide bonds. The Balaban J connectivity index is 0.000000153. The van der Waals surface area contributed by atoms with Crippen molar-refractivity contribution in [3.63, 3.8) is 0 Å². The average molecular weight is 1960 g/mol. The molecule has 8 aromatic heterocycles. The summed E-state index contributed by atoms with van der Waals surface area (Å²) in [6.07, 6.45) is -2.51. The maximum absolute atomic E-state index is 13.3. The second-order valence-electron chi connectivity index (χ2n) is 38.0. The quantitative estimate of drug-likeness (QED) is 0.0225. The highest BCUT2D eigenvalue weighted by Gasteiger charge is 2.49. The van der Waals surface area contributed by atoms with Crippen LogP contribution in [0.25, 0.3) is 89.2 Å². The van der Waals surface area contributed by atoms with Crippen LogP contribution >= 0.6 is 0 Å². The third-order valence-electron chi connectivity index (χ3n) is 24.3. The summed E-state index contributed by atoms with van der Waals surface area (Å²) in [6.45, 7) is 26.2. The fraction of sp³-hybridized carbons (Fsp3) is 0.458. The number of ketones is 4. The number of alkyl halides is 4. The van der Waals surface area contributed by atoms with Gasteiger partial charge in [-0.25, -0.2) is 51.2 Å². The van der Waals surface area contributed by atoms with Gasteiger partial charge in [-0.2, -0.15) is 20.4 Å². The van der Waals surface area contributed by atoms with E-state index in [1.54, 1.807) is 223 Å². The topological polar surface area (TPSA) is 446 Å². The van der Waals surface area contributed by atoms with E-state index in [0.29, 0.717) is 134 Å². The van der Waals surface area contributed by atoms with Crippen LogP contribution in [0.3, 0.4) is 0 Å². The van der Waals surface area contributed by atoms with Gasteiger partial charge in [0.1, 0.15) is 67.8 Å². The van der Waals surface area contributed by atoms with Crippen molar-refractivity contribution in [3.05, 3.63) is 168 Å². The summed E-state index contributed by atoms with van der Waals surface area (Å²) in [5.41, 5.74) is 8.09. The van der Waals surface area contributed by atoms with E-state index in [-0.39, 0.29) is 94.8 Å². The second kappa shape index (κ2) is 39.6. The van der Waals surface area contributed by atoms with Crippen molar-refractivity contribution in [1.29, 1.82) is 0 Å². The van der Waals surface area contributed by atoms with E-state index in [4.69, 9.17) is 18.9 Å². The van der Waals surface area contributed by atoms with Gasteiger partial charge in [-0.1, -0.05) is 76.2 Å². The maximum atomic E-state index is 13.3. The van der Waals surface area contributed by atoms with Crippen LogP contribution in [0.15, 0.2) is 146 Å². The second-order valence-corrected chi connectivity index (χ2v) is 46.2. The molecule has 0 spiro atoms. The number of ether oxygens (including phenoxy) is 4. The standard InChI is InChI=1S/4C24H28FN3O5S/c4*1-14(15(2)29)28-20-9-18(21(30)10-24(4)12-34(31,32)13-24)11-26-23(20)22(27-28)17-6-5-7-19(8-17)33-16(3)25/h4*5-9,11,14-16,29H,10,12-13H2,1-4H3/t2*14-,15+,16?;2*14-,15-,16?/m1010/s1. The van der Waals surface area contributed by atoms with E-state index in [0.717, 1.165) is 0 Å². The number of nitrogens with zero attached hydrogens (tertiary/aromatic N) is 12. The predicted molar refractivity (Wildman–Crippen MR) is 505 cm³/mol. The molecule has 0 radical (unpaired) electrons. The van der Waals surface area contributed by atoms with E-state index in [1.165, 1.54) is 52.5 Å². The first-order chi connectivity index (χ1) is 63.5. The Morgan fingerprint density at radius 2 is 0.493 bits per heavy atom. The van der Waals surface area contributed by atoms with Crippen molar-refractivity contribution in [1.82, 2.24) is 59.1 Å². The molecule has 4 saturated heterocycles. The minimum Gasteiger partial charge on any atom is -0.461 e. The van der Waals surface area contributed by atoms with Crippen LogP contribution in [-0.4, -0.2) is 232 Å². The lowest BCUT2D eigenvalue weighted by Gasteiger charge is -2.37. The summed E-state index contributed by atoms with van der Waals surface area (Å²) in [7, 11) is -12.2. The Morgan fingerprint density at radius 3 is 0.647 bits per heavy atom. The number of benzene rings is 4. The number of aliphatic hydroxyl groups excluding tert-OH is 4. The summed E-state index contributed by atoms with van der Waals surface area (Å²) < 4.78 is 173. The first-order valence-electron chi connectivity index (χ1n) is 44.3. The summed E-state index contributed by atoms with van der Waals surface area (Å²) >= 11 is 0. The zero-order valence-electron chi connectivity index (χ0n) is 78.1. The van der Waals surface area contributed by atoms with Crippen LogP contribution in [-0.2, 0) is 39.3 Å². The zero-order chi connectivity index (χ0) is 99.3. The van der Waals surface area contributed by atoms with Crippen LogP contribution in [0.2, 0.25) is 0 Å². The third-order valence-corrected chi connectivity index (χ3v) is 33.4. The van der Waals surface area contributed by atoms with Crippen molar-refractivity contribution in [2.24, 2.45) is 21.7 Å². The molecule has 4 N–H and O–H groups in total. The molecule has 4 fully saturated rings. The fourth-order valence-electron chi connectivity index (χ4n) is 17.6. The van der Waals surface area contributed by atoms with Crippen LogP contribution in [0, 0.1) is 21.7 Å². The van der Waals surface area contributed by atoms with Crippen molar-refractivity contribution in [2.45, 2.75) is 210 Å². The van der Waals surface area contributed by atoms with Gasteiger partial charge in [-0.3, -0.25) is 57.8 Å². The largest absolute Gasteiger partial charge is 0.461 e. The molecule has 0 aliphatic carbocycles. The molecule has 4 aliphatic rings. The molecule has 4 aromatic carbocycles.